The summed E-state index contributed by atoms with van der Waals surface area (Å²) in [6.07, 6.45) is 0. The van der Waals surface area contributed by atoms with E-state index in [0.29, 0.717) is 5.03 Å². The van der Waals surface area contributed by atoms with E-state index in [1.54, 1.807) is 18.2 Å². The molecule has 3 N–H and O–H groups in total. The molecule has 3 aromatic rings. The molecule has 2 aromatic carbocycles. The van der Waals surface area contributed by atoms with Crippen LogP contribution < -0.4 is 5.73 Å². The Balaban J connectivity index is 1.98. The van der Waals surface area contributed by atoms with Gasteiger partial charge >= 0.3 is 0 Å². The minimum atomic E-state index is -0.603. The van der Waals surface area contributed by atoms with Gasteiger partial charge in [-0.25, -0.2) is 0 Å². The maximum atomic E-state index is 11.0. The lowest BCUT2D eigenvalue weighted by atomic mass is 10.1. The second-order valence-corrected chi connectivity index (χ2v) is 5.41. The van der Waals surface area contributed by atoms with Gasteiger partial charge in [-0.15, -0.1) is 10.2 Å². The summed E-state index contributed by atoms with van der Waals surface area (Å²) in [5, 5.41) is 20.0. The molecule has 3 rings (SSSR count). The molecular formula is C15H11N3O2S. The first kappa shape index (κ1) is 13.4. The Morgan fingerprint density at radius 2 is 1.76 bits per heavy atom. The Morgan fingerprint density at radius 1 is 1.00 bits per heavy atom. The maximum Gasteiger partial charge on any atom is 0.269 e. The van der Waals surface area contributed by atoms with Crippen molar-refractivity contribution in [1.29, 1.82) is 0 Å². The second-order valence-electron chi connectivity index (χ2n) is 4.35. The molecule has 0 saturated carbocycles. The molecule has 0 spiro atoms. The predicted molar refractivity (Wildman–Crippen MR) is 80.3 cm³/mol. The Bertz CT molecular complexity index is 819. The van der Waals surface area contributed by atoms with Crippen molar-refractivity contribution < 1.29 is 9.90 Å². The minimum absolute atomic E-state index is 0.134. The van der Waals surface area contributed by atoms with Gasteiger partial charge in [0.15, 0.2) is 5.69 Å². The van der Waals surface area contributed by atoms with Gasteiger partial charge in [0.25, 0.3) is 5.91 Å². The van der Waals surface area contributed by atoms with Crippen LogP contribution in [0.15, 0.2) is 58.5 Å². The number of phenolic OH excluding ortho intramolecular Hbond substituents is 1. The van der Waals surface area contributed by atoms with Crippen LogP contribution in [0.4, 0.5) is 0 Å². The second kappa shape index (κ2) is 5.41. The largest absolute Gasteiger partial charge is 0.507 e. The summed E-state index contributed by atoms with van der Waals surface area (Å²) in [5.74, 6) is -0.362. The van der Waals surface area contributed by atoms with E-state index in [0.717, 1.165) is 15.7 Å². The Hall–Kier alpha value is -2.60. The average molecular weight is 297 g/mol. The van der Waals surface area contributed by atoms with Crippen LogP contribution >= 0.6 is 11.8 Å². The topological polar surface area (TPSA) is 89.1 Å². The van der Waals surface area contributed by atoms with E-state index < -0.39 is 5.91 Å². The first-order chi connectivity index (χ1) is 10.1. The Kier molecular flexibility index (Phi) is 3.45. The number of aromatic hydroxyl groups is 1. The lowest BCUT2D eigenvalue weighted by Gasteiger charge is -2.07. The fourth-order valence-corrected chi connectivity index (χ4v) is 2.83. The van der Waals surface area contributed by atoms with Gasteiger partial charge in [-0.1, -0.05) is 36.0 Å². The molecule has 0 unspecified atom stereocenters. The van der Waals surface area contributed by atoms with Gasteiger partial charge in [0, 0.05) is 10.3 Å². The number of phenols is 1. The van der Waals surface area contributed by atoms with Gasteiger partial charge in [-0.05, 0) is 29.7 Å². The molecule has 0 atom stereocenters. The molecule has 0 aliphatic heterocycles. The van der Waals surface area contributed by atoms with E-state index in [4.69, 9.17) is 5.73 Å². The van der Waals surface area contributed by atoms with Crippen LogP contribution in [0.1, 0.15) is 10.5 Å². The number of benzene rings is 2. The Labute approximate surface area is 124 Å². The molecule has 1 aromatic heterocycles. The molecule has 0 aliphatic rings. The number of rotatable bonds is 3. The van der Waals surface area contributed by atoms with Crippen molar-refractivity contribution in [2.24, 2.45) is 5.73 Å². The monoisotopic (exact) mass is 297 g/mol. The fraction of sp³-hybridized carbons (Fsp3) is 0. The molecular weight excluding hydrogens is 286 g/mol. The van der Waals surface area contributed by atoms with E-state index >= 15 is 0 Å². The first-order valence-corrected chi connectivity index (χ1v) is 6.99. The molecule has 104 valence electrons. The van der Waals surface area contributed by atoms with Crippen LogP contribution in [-0.2, 0) is 0 Å². The Morgan fingerprint density at radius 3 is 2.43 bits per heavy atom. The fourth-order valence-electron chi connectivity index (χ4n) is 1.96. The zero-order valence-corrected chi connectivity index (χ0v) is 11.7. The lowest BCUT2D eigenvalue weighted by molar-refractivity contribution is 0.0994. The standard InChI is InChI=1S/C15H11N3O2S/c16-15(20)11-5-8-14(18-17-11)21-13-7-6-12(19)9-3-1-2-4-10(9)13/h1-8,19H,(H2,16,20). The normalized spacial score (nSPS) is 10.7. The van der Waals surface area contributed by atoms with Crippen molar-refractivity contribution in [2.75, 3.05) is 0 Å². The van der Waals surface area contributed by atoms with Crippen molar-refractivity contribution in [3.8, 4) is 5.75 Å². The number of carbonyl (C=O) groups excluding carboxylic acids is 1. The number of aromatic nitrogens is 2. The predicted octanol–water partition coefficient (Wildman–Crippen LogP) is 2.59. The summed E-state index contributed by atoms with van der Waals surface area (Å²) in [5.41, 5.74) is 5.27. The molecule has 5 nitrogen and oxygen atoms in total. The molecule has 21 heavy (non-hydrogen) atoms. The highest BCUT2D eigenvalue weighted by Crippen LogP contribution is 2.35. The zero-order chi connectivity index (χ0) is 14.8. The van der Waals surface area contributed by atoms with Crippen LogP contribution in [0.2, 0.25) is 0 Å². The molecule has 1 heterocycles. The minimum Gasteiger partial charge on any atom is -0.507 e. The highest BCUT2D eigenvalue weighted by molar-refractivity contribution is 7.99. The van der Waals surface area contributed by atoms with Crippen LogP contribution in [0, 0.1) is 0 Å². The van der Waals surface area contributed by atoms with Gasteiger partial charge in [-0.3, -0.25) is 4.79 Å². The smallest absolute Gasteiger partial charge is 0.269 e. The molecule has 0 bridgehead atoms. The highest BCUT2D eigenvalue weighted by Gasteiger charge is 2.08. The molecule has 0 aliphatic carbocycles. The van der Waals surface area contributed by atoms with Gasteiger partial charge in [0.2, 0.25) is 0 Å². The van der Waals surface area contributed by atoms with Crippen LogP contribution in [0.3, 0.4) is 0 Å². The summed E-state index contributed by atoms with van der Waals surface area (Å²) in [7, 11) is 0. The number of carbonyl (C=O) groups is 1. The third kappa shape index (κ3) is 2.66. The van der Waals surface area contributed by atoms with Gasteiger partial charge < -0.3 is 10.8 Å². The lowest BCUT2D eigenvalue weighted by Crippen LogP contribution is -2.13. The summed E-state index contributed by atoms with van der Waals surface area (Å²) in [6.45, 7) is 0. The summed E-state index contributed by atoms with van der Waals surface area (Å²) < 4.78 is 0. The van der Waals surface area contributed by atoms with E-state index in [9.17, 15) is 9.90 Å². The van der Waals surface area contributed by atoms with Crippen molar-refractivity contribution in [2.45, 2.75) is 9.92 Å². The van der Waals surface area contributed by atoms with Crippen molar-refractivity contribution in [1.82, 2.24) is 10.2 Å². The third-order valence-electron chi connectivity index (χ3n) is 2.97. The number of nitrogens with two attached hydrogens (primary N) is 1. The number of hydrogen-bond donors (Lipinski definition) is 2. The quantitative estimate of drug-likeness (QED) is 0.775. The van der Waals surface area contributed by atoms with Crippen LogP contribution in [0.25, 0.3) is 10.8 Å². The van der Waals surface area contributed by atoms with Crippen molar-refractivity contribution in [3.05, 3.63) is 54.2 Å². The number of primary amides is 1. The molecule has 0 fully saturated rings. The van der Waals surface area contributed by atoms with Crippen molar-refractivity contribution >= 4 is 28.4 Å². The summed E-state index contributed by atoms with van der Waals surface area (Å²) in [4.78, 5) is 11.9. The van der Waals surface area contributed by atoms with Gasteiger partial charge in [0.05, 0.1) is 0 Å². The number of fused-ring (bicyclic) bond motifs is 1. The summed E-state index contributed by atoms with van der Waals surface area (Å²) in [6, 6.07) is 14.3. The molecule has 0 radical (unpaired) electrons. The third-order valence-corrected chi connectivity index (χ3v) is 3.97. The summed E-state index contributed by atoms with van der Waals surface area (Å²) >= 11 is 1.41. The van der Waals surface area contributed by atoms with Crippen LogP contribution in [-0.4, -0.2) is 21.2 Å². The first-order valence-electron chi connectivity index (χ1n) is 6.17. The van der Waals surface area contributed by atoms with Crippen LogP contribution in [0.5, 0.6) is 5.75 Å². The molecule has 6 heteroatoms. The SMILES string of the molecule is NC(=O)c1ccc(Sc2ccc(O)c3ccccc23)nn1. The average Bonchev–Trinajstić information content (AvgIpc) is 2.51. The van der Waals surface area contributed by atoms with E-state index in [1.807, 2.05) is 30.3 Å². The van der Waals surface area contributed by atoms with E-state index in [1.165, 1.54) is 11.8 Å². The molecule has 0 saturated heterocycles. The van der Waals surface area contributed by atoms with Gasteiger partial charge in [-0.2, -0.15) is 0 Å². The molecule has 1 amide bonds. The van der Waals surface area contributed by atoms with Crippen molar-refractivity contribution in [3.63, 3.8) is 0 Å². The highest BCUT2D eigenvalue weighted by atomic mass is 32.2. The number of nitrogens with zero attached hydrogens (tertiary/aromatic N) is 2. The number of amides is 1. The van der Waals surface area contributed by atoms with E-state index in [-0.39, 0.29) is 11.4 Å². The zero-order valence-electron chi connectivity index (χ0n) is 10.9. The van der Waals surface area contributed by atoms with Gasteiger partial charge in [0.1, 0.15) is 10.8 Å². The van der Waals surface area contributed by atoms with E-state index in [2.05, 4.69) is 10.2 Å². The maximum absolute atomic E-state index is 11.0. The number of hydrogen-bond acceptors (Lipinski definition) is 5.